The van der Waals surface area contributed by atoms with Crippen LogP contribution in [0.4, 0.5) is 14.5 Å². The third-order valence-corrected chi connectivity index (χ3v) is 4.31. The lowest BCUT2D eigenvalue weighted by Crippen LogP contribution is -2.48. The number of aliphatic hydroxyl groups is 1. The Labute approximate surface area is 132 Å². The quantitative estimate of drug-likeness (QED) is 0.943. The molecule has 0 aliphatic carbocycles. The lowest BCUT2D eigenvalue weighted by atomic mass is 9.91. The van der Waals surface area contributed by atoms with E-state index in [0.717, 1.165) is 6.07 Å². The molecule has 1 aliphatic heterocycles. The second-order valence-corrected chi connectivity index (χ2v) is 5.97. The van der Waals surface area contributed by atoms with Crippen LogP contribution in [0, 0.1) is 11.6 Å². The lowest BCUT2D eigenvalue weighted by molar-refractivity contribution is -0.000993. The third kappa shape index (κ3) is 3.42. The van der Waals surface area contributed by atoms with E-state index in [1.54, 1.807) is 23.2 Å². The second kappa shape index (κ2) is 6.12. The summed E-state index contributed by atoms with van der Waals surface area (Å²) in [6, 6.07) is 8.35. The molecule has 0 bridgehead atoms. The van der Waals surface area contributed by atoms with Crippen LogP contribution in [-0.2, 0) is 6.54 Å². The first-order chi connectivity index (χ1) is 11.0. The molecule has 0 spiro atoms. The molecule has 6 heteroatoms. The van der Waals surface area contributed by atoms with Gasteiger partial charge in [0, 0.05) is 31.4 Å². The Kier molecular flexibility index (Phi) is 4.17. The van der Waals surface area contributed by atoms with Gasteiger partial charge in [-0.1, -0.05) is 6.07 Å². The first-order valence-corrected chi connectivity index (χ1v) is 7.55. The normalized spacial score (nSPS) is 17.3. The molecule has 3 rings (SSSR count). The Morgan fingerprint density at radius 2 is 1.87 bits per heavy atom. The minimum Gasteiger partial charge on any atom is -0.388 e. The molecule has 1 aromatic heterocycles. The Bertz CT molecular complexity index is 752. The maximum Gasteiger partial charge on any atom is 0.250 e. The number of pyridine rings is 1. The minimum atomic E-state index is -1.00. The van der Waals surface area contributed by atoms with Crippen molar-refractivity contribution in [3.63, 3.8) is 0 Å². The average Bonchev–Trinajstić information content (AvgIpc) is 2.51. The van der Waals surface area contributed by atoms with Crippen molar-refractivity contribution in [1.82, 2.24) is 4.57 Å². The van der Waals surface area contributed by atoms with E-state index in [9.17, 15) is 18.7 Å². The number of anilines is 1. The van der Waals surface area contributed by atoms with Crippen LogP contribution in [0.2, 0.25) is 0 Å². The number of aromatic nitrogens is 1. The summed E-state index contributed by atoms with van der Waals surface area (Å²) >= 11 is 0. The van der Waals surface area contributed by atoms with Gasteiger partial charge in [-0.05, 0) is 31.0 Å². The van der Waals surface area contributed by atoms with Crippen LogP contribution in [0.15, 0.2) is 47.4 Å². The SMILES string of the molecule is O=c1ccccn1CC1(O)CCN(c2ccc(F)cc2F)CC1. The summed E-state index contributed by atoms with van der Waals surface area (Å²) in [6.07, 6.45) is 2.46. The van der Waals surface area contributed by atoms with Crippen molar-refractivity contribution >= 4 is 5.69 Å². The standard InChI is InChI=1S/C17H18F2N2O2/c18-13-4-5-15(14(19)11-13)20-9-6-17(23,7-10-20)12-21-8-2-1-3-16(21)22/h1-5,8,11,23H,6-7,9-10,12H2. The van der Waals surface area contributed by atoms with Crippen molar-refractivity contribution in [2.45, 2.75) is 25.0 Å². The van der Waals surface area contributed by atoms with Gasteiger partial charge in [0.05, 0.1) is 17.8 Å². The van der Waals surface area contributed by atoms with Crippen LogP contribution in [0.5, 0.6) is 0 Å². The zero-order valence-electron chi connectivity index (χ0n) is 12.6. The number of halogens is 2. The van der Waals surface area contributed by atoms with Crippen molar-refractivity contribution < 1.29 is 13.9 Å². The Morgan fingerprint density at radius 3 is 2.52 bits per heavy atom. The van der Waals surface area contributed by atoms with E-state index in [-0.39, 0.29) is 12.1 Å². The molecule has 4 nitrogen and oxygen atoms in total. The van der Waals surface area contributed by atoms with Crippen molar-refractivity contribution in [3.8, 4) is 0 Å². The third-order valence-electron chi connectivity index (χ3n) is 4.31. The summed E-state index contributed by atoms with van der Waals surface area (Å²) in [5, 5.41) is 10.7. The van der Waals surface area contributed by atoms with Gasteiger partial charge >= 0.3 is 0 Å². The molecule has 2 aromatic rings. The molecule has 0 saturated carbocycles. The van der Waals surface area contributed by atoms with Crippen LogP contribution in [-0.4, -0.2) is 28.4 Å². The average molecular weight is 320 g/mol. The molecule has 0 amide bonds. The van der Waals surface area contributed by atoms with Gasteiger partial charge in [-0.2, -0.15) is 0 Å². The number of piperidine rings is 1. The summed E-state index contributed by atoms with van der Waals surface area (Å²) < 4.78 is 28.3. The number of rotatable bonds is 3. The maximum atomic E-state index is 13.8. The molecule has 1 aliphatic rings. The van der Waals surface area contributed by atoms with Crippen LogP contribution < -0.4 is 10.5 Å². The molecule has 2 heterocycles. The van der Waals surface area contributed by atoms with E-state index in [0.29, 0.717) is 31.6 Å². The van der Waals surface area contributed by atoms with Gasteiger partial charge in [-0.3, -0.25) is 4.79 Å². The van der Waals surface area contributed by atoms with Gasteiger partial charge in [0.15, 0.2) is 0 Å². The van der Waals surface area contributed by atoms with Crippen molar-refractivity contribution in [2.24, 2.45) is 0 Å². The Hall–Kier alpha value is -2.21. The van der Waals surface area contributed by atoms with Crippen LogP contribution in [0.3, 0.4) is 0 Å². The topological polar surface area (TPSA) is 45.5 Å². The van der Waals surface area contributed by atoms with Gasteiger partial charge in [0.1, 0.15) is 11.6 Å². The molecule has 1 aromatic carbocycles. The molecule has 23 heavy (non-hydrogen) atoms. The van der Waals surface area contributed by atoms with Crippen LogP contribution in [0.25, 0.3) is 0 Å². The van der Waals surface area contributed by atoms with E-state index in [2.05, 4.69) is 0 Å². The highest BCUT2D eigenvalue weighted by atomic mass is 19.1. The zero-order valence-corrected chi connectivity index (χ0v) is 12.6. The number of hydrogen-bond donors (Lipinski definition) is 1. The summed E-state index contributed by atoms with van der Waals surface area (Å²) in [4.78, 5) is 13.5. The molecule has 1 saturated heterocycles. The first kappa shape index (κ1) is 15.7. The summed E-state index contributed by atoms with van der Waals surface area (Å²) in [5.74, 6) is -1.21. The van der Waals surface area contributed by atoms with E-state index >= 15 is 0 Å². The van der Waals surface area contributed by atoms with Gasteiger partial charge < -0.3 is 14.6 Å². The number of benzene rings is 1. The van der Waals surface area contributed by atoms with Gasteiger partial charge in [0.25, 0.3) is 5.56 Å². The van der Waals surface area contributed by atoms with Crippen LogP contribution in [0.1, 0.15) is 12.8 Å². The molecular weight excluding hydrogens is 302 g/mol. The first-order valence-electron chi connectivity index (χ1n) is 7.55. The zero-order chi connectivity index (χ0) is 16.4. The molecule has 0 unspecified atom stereocenters. The monoisotopic (exact) mass is 320 g/mol. The molecule has 1 fully saturated rings. The molecule has 122 valence electrons. The fourth-order valence-corrected chi connectivity index (χ4v) is 2.97. The van der Waals surface area contributed by atoms with Crippen molar-refractivity contribution in [2.75, 3.05) is 18.0 Å². The maximum absolute atomic E-state index is 13.8. The van der Waals surface area contributed by atoms with E-state index in [1.807, 2.05) is 0 Å². The number of nitrogens with zero attached hydrogens (tertiary/aromatic N) is 2. The lowest BCUT2D eigenvalue weighted by Gasteiger charge is -2.39. The Morgan fingerprint density at radius 1 is 1.13 bits per heavy atom. The summed E-state index contributed by atoms with van der Waals surface area (Å²) in [7, 11) is 0. The molecule has 1 N–H and O–H groups in total. The Balaban J connectivity index is 1.70. The highest BCUT2D eigenvalue weighted by Crippen LogP contribution is 2.29. The fraction of sp³-hybridized carbons (Fsp3) is 0.353. The van der Waals surface area contributed by atoms with Gasteiger partial charge in [-0.15, -0.1) is 0 Å². The smallest absolute Gasteiger partial charge is 0.250 e. The minimum absolute atomic E-state index is 0.159. The van der Waals surface area contributed by atoms with E-state index in [4.69, 9.17) is 0 Å². The predicted molar refractivity (Wildman–Crippen MR) is 83.5 cm³/mol. The van der Waals surface area contributed by atoms with Gasteiger partial charge in [0.2, 0.25) is 0 Å². The summed E-state index contributed by atoms with van der Waals surface area (Å²) in [5.41, 5.74) is -0.823. The van der Waals surface area contributed by atoms with Crippen molar-refractivity contribution in [1.29, 1.82) is 0 Å². The van der Waals surface area contributed by atoms with E-state index in [1.165, 1.54) is 22.8 Å². The predicted octanol–water partition coefficient (Wildman–Crippen LogP) is 2.16. The summed E-state index contributed by atoms with van der Waals surface area (Å²) in [6.45, 7) is 1.10. The highest BCUT2D eigenvalue weighted by molar-refractivity contribution is 5.48. The molecule has 0 radical (unpaired) electrons. The second-order valence-electron chi connectivity index (χ2n) is 5.97. The fourth-order valence-electron chi connectivity index (χ4n) is 2.97. The molecular formula is C17H18F2N2O2. The van der Waals surface area contributed by atoms with Crippen LogP contribution >= 0.6 is 0 Å². The molecule has 0 atom stereocenters. The van der Waals surface area contributed by atoms with Crippen molar-refractivity contribution in [3.05, 3.63) is 64.6 Å². The largest absolute Gasteiger partial charge is 0.388 e. The highest BCUT2D eigenvalue weighted by Gasteiger charge is 2.33. The van der Waals surface area contributed by atoms with Gasteiger partial charge in [-0.25, -0.2) is 8.78 Å². The van der Waals surface area contributed by atoms with E-state index < -0.39 is 17.2 Å². The number of hydrogen-bond acceptors (Lipinski definition) is 3.